The highest BCUT2D eigenvalue weighted by molar-refractivity contribution is 5.79. The molecule has 1 amide bonds. The van der Waals surface area contributed by atoms with Gasteiger partial charge in [0.1, 0.15) is 0 Å². The lowest BCUT2D eigenvalue weighted by atomic mass is 10.0. The molecule has 0 spiro atoms. The minimum Gasteiger partial charge on any atom is -0.377 e. The van der Waals surface area contributed by atoms with E-state index in [1.807, 2.05) is 13.8 Å². The van der Waals surface area contributed by atoms with Crippen LogP contribution in [0.1, 0.15) is 27.2 Å². The molecule has 4 nitrogen and oxygen atoms in total. The van der Waals surface area contributed by atoms with E-state index in [0.717, 1.165) is 13.0 Å². The molecule has 0 aromatic rings. The first-order valence-corrected chi connectivity index (χ1v) is 5.52. The highest BCUT2D eigenvalue weighted by Gasteiger charge is 2.30. The Hall–Kier alpha value is -0.610. The number of carbonyl (C=O) groups is 1. The van der Waals surface area contributed by atoms with Gasteiger partial charge < -0.3 is 15.4 Å². The Kier molecular flexibility index (Phi) is 4.11. The summed E-state index contributed by atoms with van der Waals surface area (Å²) in [5.74, 6) is 0.246. The molecule has 88 valence electrons. The van der Waals surface area contributed by atoms with Crippen LogP contribution in [0.15, 0.2) is 0 Å². The summed E-state index contributed by atoms with van der Waals surface area (Å²) in [6, 6.07) is 0.288. The van der Waals surface area contributed by atoms with Gasteiger partial charge in [-0.2, -0.15) is 0 Å². The van der Waals surface area contributed by atoms with Gasteiger partial charge in [-0.15, -0.1) is 0 Å². The molecule has 1 saturated heterocycles. The fourth-order valence-electron chi connectivity index (χ4n) is 1.72. The smallest absolute Gasteiger partial charge is 0.224 e. The lowest BCUT2D eigenvalue weighted by molar-refractivity contribution is -0.126. The first-order valence-electron chi connectivity index (χ1n) is 5.52. The second kappa shape index (κ2) is 4.94. The molecule has 2 atom stereocenters. The Morgan fingerprint density at radius 3 is 2.73 bits per heavy atom. The zero-order valence-corrected chi connectivity index (χ0v) is 10.1. The molecule has 4 heteroatoms. The summed E-state index contributed by atoms with van der Waals surface area (Å²) >= 11 is 0. The summed E-state index contributed by atoms with van der Waals surface area (Å²) in [5, 5.41) is 6.21. The van der Waals surface area contributed by atoms with Gasteiger partial charge in [0.25, 0.3) is 0 Å². The van der Waals surface area contributed by atoms with Crippen molar-refractivity contribution in [3.8, 4) is 0 Å². The van der Waals surface area contributed by atoms with Crippen LogP contribution in [-0.4, -0.2) is 37.7 Å². The highest BCUT2D eigenvalue weighted by Crippen LogP contribution is 2.15. The maximum Gasteiger partial charge on any atom is 0.224 e. The lowest BCUT2D eigenvalue weighted by Crippen LogP contribution is -2.44. The van der Waals surface area contributed by atoms with Crippen LogP contribution in [0.3, 0.4) is 0 Å². The largest absolute Gasteiger partial charge is 0.377 e. The summed E-state index contributed by atoms with van der Waals surface area (Å²) in [7, 11) is 1.66. The van der Waals surface area contributed by atoms with E-state index >= 15 is 0 Å². The van der Waals surface area contributed by atoms with E-state index < -0.39 is 0 Å². The summed E-state index contributed by atoms with van der Waals surface area (Å²) in [4.78, 5) is 11.8. The van der Waals surface area contributed by atoms with Gasteiger partial charge in [-0.1, -0.05) is 0 Å². The third kappa shape index (κ3) is 3.47. The molecular weight excluding hydrogens is 192 g/mol. The van der Waals surface area contributed by atoms with Crippen LogP contribution in [0.4, 0.5) is 0 Å². The molecule has 0 radical (unpaired) electrons. The standard InChI is InChI=1S/C11H22N2O2/c1-8-9(5-6-12-8)10(14)13-7-11(2,3)15-4/h8-9,12H,5-7H2,1-4H3,(H,13,14). The van der Waals surface area contributed by atoms with Crippen LogP contribution in [0.25, 0.3) is 0 Å². The van der Waals surface area contributed by atoms with Gasteiger partial charge in [0, 0.05) is 19.7 Å². The summed E-state index contributed by atoms with van der Waals surface area (Å²) in [6.07, 6.45) is 0.931. The second-order valence-corrected chi connectivity index (χ2v) is 4.82. The molecule has 15 heavy (non-hydrogen) atoms. The molecule has 1 fully saturated rings. The van der Waals surface area contributed by atoms with E-state index in [9.17, 15) is 4.79 Å². The van der Waals surface area contributed by atoms with Gasteiger partial charge in [0.2, 0.25) is 5.91 Å². The maximum atomic E-state index is 11.8. The van der Waals surface area contributed by atoms with Crippen LogP contribution >= 0.6 is 0 Å². The van der Waals surface area contributed by atoms with Gasteiger partial charge in [0.15, 0.2) is 0 Å². The van der Waals surface area contributed by atoms with Crippen molar-refractivity contribution in [1.29, 1.82) is 0 Å². The van der Waals surface area contributed by atoms with Crippen molar-refractivity contribution < 1.29 is 9.53 Å². The fraction of sp³-hybridized carbons (Fsp3) is 0.909. The Morgan fingerprint density at radius 1 is 1.60 bits per heavy atom. The molecular formula is C11H22N2O2. The zero-order valence-electron chi connectivity index (χ0n) is 10.1. The van der Waals surface area contributed by atoms with E-state index in [-0.39, 0.29) is 23.5 Å². The summed E-state index contributed by atoms with van der Waals surface area (Å²) in [5.41, 5.74) is -0.287. The predicted molar refractivity (Wildman–Crippen MR) is 59.7 cm³/mol. The van der Waals surface area contributed by atoms with Gasteiger partial charge in [-0.05, 0) is 33.7 Å². The highest BCUT2D eigenvalue weighted by atomic mass is 16.5. The molecule has 0 aromatic carbocycles. The number of ether oxygens (including phenoxy) is 1. The third-order valence-electron chi connectivity index (χ3n) is 3.10. The second-order valence-electron chi connectivity index (χ2n) is 4.82. The average Bonchev–Trinajstić information content (AvgIpc) is 2.61. The number of amides is 1. The molecule has 0 bridgehead atoms. The molecule has 0 saturated carbocycles. The predicted octanol–water partition coefficient (Wildman–Crippen LogP) is 0.526. The van der Waals surface area contributed by atoms with E-state index in [2.05, 4.69) is 17.6 Å². The number of hydrogen-bond acceptors (Lipinski definition) is 3. The van der Waals surface area contributed by atoms with Crippen molar-refractivity contribution >= 4 is 5.91 Å². The topological polar surface area (TPSA) is 50.4 Å². The normalized spacial score (nSPS) is 26.7. The molecule has 1 heterocycles. The number of carbonyl (C=O) groups excluding carboxylic acids is 1. The maximum absolute atomic E-state index is 11.8. The first kappa shape index (κ1) is 12.5. The minimum absolute atomic E-state index is 0.109. The third-order valence-corrected chi connectivity index (χ3v) is 3.10. The van der Waals surface area contributed by atoms with Gasteiger partial charge in [0.05, 0.1) is 11.5 Å². The Bertz CT molecular complexity index is 229. The SMILES string of the molecule is COC(C)(C)CNC(=O)C1CCNC1C. The van der Waals surface area contributed by atoms with Crippen LogP contribution in [0.5, 0.6) is 0 Å². The minimum atomic E-state index is -0.287. The number of hydrogen-bond donors (Lipinski definition) is 2. The average molecular weight is 214 g/mol. The molecule has 1 aliphatic heterocycles. The molecule has 1 rings (SSSR count). The molecule has 1 aliphatic rings. The van der Waals surface area contributed by atoms with Crippen LogP contribution in [-0.2, 0) is 9.53 Å². The molecule has 0 aromatic heterocycles. The van der Waals surface area contributed by atoms with Crippen molar-refractivity contribution in [2.24, 2.45) is 5.92 Å². The lowest BCUT2D eigenvalue weighted by Gasteiger charge is -2.24. The molecule has 2 N–H and O–H groups in total. The quantitative estimate of drug-likeness (QED) is 0.717. The van der Waals surface area contributed by atoms with Gasteiger partial charge in [-0.25, -0.2) is 0 Å². The van der Waals surface area contributed by atoms with Crippen molar-refractivity contribution in [2.75, 3.05) is 20.2 Å². The number of rotatable bonds is 4. The van der Waals surface area contributed by atoms with Crippen molar-refractivity contribution in [1.82, 2.24) is 10.6 Å². The van der Waals surface area contributed by atoms with Crippen molar-refractivity contribution in [2.45, 2.75) is 38.8 Å². The number of methoxy groups -OCH3 is 1. The monoisotopic (exact) mass is 214 g/mol. The van der Waals surface area contributed by atoms with E-state index in [1.165, 1.54) is 0 Å². The van der Waals surface area contributed by atoms with E-state index in [1.54, 1.807) is 7.11 Å². The summed E-state index contributed by atoms with van der Waals surface area (Å²) < 4.78 is 5.25. The van der Waals surface area contributed by atoms with Crippen LogP contribution in [0, 0.1) is 5.92 Å². The van der Waals surface area contributed by atoms with Gasteiger partial charge >= 0.3 is 0 Å². The Balaban J connectivity index is 2.36. The van der Waals surface area contributed by atoms with E-state index in [4.69, 9.17) is 4.74 Å². The molecule has 0 aliphatic carbocycles. The zero-order chi connectivity index (χ0) is 11.5. The van der Waals surface area contributed by atoms with Crippen molar-refractivity contribution in [3.63, 3.8) is 0 Å². The van der Waals surface area contributed by atoms with E-state index in [0.29, 0.717) is 6.54 Å². The number of nitrogens with one attached hydrogen (secondary N) is 2. The van der Waals surface area contributed by atoms with Crippen molar-refractivity contribution in [3.05, 3.63) is 0 Å². The molecule has 2 unspecified atom stereocenters. The summed E-state index contributed by atoms with van der Waals surface area (Å²) in [6.45, 7) is 7.48. The Morgan fingerprint density at radius 2 is 2.27 bits per heavy atom. The fourth-order valence-corrected chi connectivity index (χ4v) is 1.72. The van der Waals surface area contributed by atoms with Crippen LogP contribution in [0.2, 0.25) is 0 Å². The first-order chi connectivity index (χ1) is 6.96. The Labute approximate surface area is 91.8 Å². The van der Waals surface area contributed by atoms with Gasteiger partial charge in [-0.3, -0.25) is 4.79 Å². The van der Waals surface area contributed by atoms with Crippen LogP contribution < -0.4 is 10.6 Å².